The molecule has 1 aliphatic rings. The number of nitrogens with zero attached hydrogens (tertiary/aromatic N) is 3. The molecule has 5 aromatic rings. The number of nitriles is 2. The first-order valence-electron chi connectivity index (χ1n) is 17.0. The minimum atomic E-state index is -1.26. The van der Waals surface area contributed by atoms with Crippen molar-refractivity contribution in [2.75, 3.05) is 10.2 Å². The second-order valence-electron chi connectivity index (χ2n) is 12.5. The Balaban J connectivity index is 1.20. The zero-order valence-electron chi connectivity index (χ0n) is 29.2. The maximum atomic E-state index is 11.4. The number of rotatable bonds is 12. The number of aliphatic carboxylic acids is 2. The van der Waals surface area contributed by atoms with Gasteiger partial charge >= 0.3 is 11.9 Å². The maximum Gasteiger partial charge on any atom is 0.346 e. The fourth-order valence-electron chi connectivity index (χ4n) is 5.88. The van der Waals surface area contributed by atoms with Gasteiger partial charge in [0.15, 0.2) is 0 Å². The number of hydrogen-bond donors (Lipinski definition) is 3. The lowest BCUT2D eigenvalue weighted by Crippen LogP contribution is -2.30. The molecular weight excluding hydrogens is 677 g/mol. The molecule has 264 valence electrons. The Bertz CT molecular complexity index is 2360. The first-order valence-corrected chi connectivity index (χ1v) is 17.0. The largest absolute Gasteiger partial charge is 0.477 e. The van der Waals surface area contributed by atoms with Crippen molar-refractivity contribution in [3.8, 4) is 34.8 Å². The summed E-state index contributed by atoms with van der Waals surface area (Å²) in [5.41, 5.74) is 7.43. The lowest BCUT2D eigenvalue weighted by Gasteiger charge is -2.33. The minimum absolute atomic E-state index is 0.0896. The van der Waals surface area contributed by atoms with Gasteiger partial charge in [-0.25, -0.2) is 9.59 Å². The van der Waals surface area contributed by atoms with Crippen LogP contribution in [-0.4, -0.2) is 28.2 Å². The molecule has 6 rings (SSSR count). The average molecular weight is 711 g/mol. The van der Waals surface area contributed by atoms with E-state index in [-0.39, 0.29) is 17.2 Å². The van der Waals surface area contributed by atoms with Gasteiger partial charge in [-0.1, -0.05) is 72.3 Å². The number of carboxylic acid groups (broad SMARTS) is 2. The number of nitrogens with one attached hydrogen (secondary N) is 1. The van der Waals surface area contributed by atoms with E-state index in [0.717, 1.165) is 45.2 Å². The monoisotopic (exact) mass is 710 g/mol. The highest BCUT2D eigenvalue weighted by molar-refractivity contribution is 5.96. The molecule has 0 saturated heterocycles. The van der Waals surface area contributed by atoms with Crippen molar-refractivity contribution < 1.29 is 24.5 Å². The Labute approximate surface area is 312 Å². The van der Waals surface area contributed by atoms with E-state index >= 15 is 0 Å². The van der Waals surface area contributed by atoms with Gasteiger partial charge in [0, 0.05) is 22.7 Å². The van der Waals surface area contributed by atoms with E-state index in [2.05, 4.69) is 34.5 Å². The van der Waals surface area contributed by atoms with Gasteiger partial charge in [0.05, 0.1) is 6.04 Å². The molecule has 0 heterocycles. The van der Waals surface area contributed by atoms with Crippen molar-refractivity contribution in [1.82, 2.24) is 0 Å². The van der Waals surface area contributed by atoms with Crippen LogP contribution in [0.15, 0.2) is 162 Å². The summed E-state index contributed by atoms with van der Waals surface area (Å²) in [5.74, 6) is -1.06. The third kappa shape index (κ3) is 8.99. The van der Waals surface area contributed by atoms with Gasteiger partial charge in [-0.15, -0.1) is 0 Å². The van der Waals surface area contributed by atoms with Crippen LogP contribution in [0.25, 0.3) is 17.2 Å². The van der Waals surface area contributed by atoms with E-state index < -0.39 is 11.9 Å². The summed E-state index contributed by atoms with van der Waals surface area (Å²) < 4.78 is 6.08. The van der Waals surface area contributed by atoms with Gasteiger partial charge in [0.25, 0.3) is 0 Å². The first-order chi connectivity index (χ1) is 26.2. The van der Waals surface area contributed by atoms with E-state index in [1.54, 1.807) is 24.3 Å². The molecule has 0 aromatic heterocycles. The Hall–Kier alpha value is -7.62. The zero-order valence-corrected chi connectivity index (χ0v) is 29.2. The van der Waals surface area contributed by atoms with Crippen LogP contribution in [0.5, 0.6) is 11.5 Å². The molecule has 0 amide bonds. The van der Waals surface area contributed by atoms with Crippen LogP contribution in [0.2, 0.25) is 0 Å². The summed E-state index contributed by atoms with van der Waals surface area (Å²) in [7, 11) is 0. The van der Waals surface area contributed by atoms with Crippen molar-refractivity contribution in [3.63, 3.8) is 0 Å². The van der Waals surface area contributed by atoms with E-state index in [9.17, 15) is 20.0 Å². The van der Waals surface area contributed by atoms with Crippen LogP contribution in [0.3, 0.4) is 0 Å². The van der Waals surface area contributed by atoms with Crippen molar-refractivity contribution in [2.45, 2.75) is 19.4 Å². The number of aryl methyl sites for hydroxylation is 1. The summed E-state index contributed by atoms with van der Waals surface area (Å²) in [5, 5.41) is 40.0. The van der Waals surface area contributed by atoms with Gasteiger partial charge in [-0.2, -0.15) is 10.5 Å². The number of ether oxygens (including phenoxy) is 1. The number of allylic oxidation sites excluding steroid dienone is 3. The summed E-state index contributed by atoms with van der Waals surface area (Å²) in [6.45, 7) is 2.03. The molecule has 9 nitrogen and oxygen atoms in total. The normalized spacial score (nSPS) is 13.9. The molecule has 0 saturated carbocycles. The second kappa shape index (κ2) is 16.6. The Kier molecular flexibility index (Phi) is 11.1. The highest BCUT2D eigenvalue weighted by atomic mass is 16.5. The van der Waals surface area contributed by atoms with Crippen LogP contribution in [0.1, 0.15) is 17.5 Å². The molecule has 3 N–H and O–H groups in total. The highest BCUT2D eigenvalue weighted by Crippen LogP contribution is 2.35. The van der Waals surface area contributed by atoms with Gasteiger partial charge in [-0.3, -0.25) is 0 Å². The fourth-order valence-corrected chi connectivity index (χ4v) is 5.88. The van der Waals surface area contributed by atoms with Crippen molar-refractivity contribution >= 4 is 40.8 Å². The van der Waals surface area contributed by atoms with Crippen LogP contribution < -0.4 is 15.0 Å². The summed E-state index contributed by atoms with van der Waals surface area (Å²) in [6.07, 6.45) is 9.10. The molecular formula is C45H34N4O5. The van der Waals surface area contributed by atoms with E-state index in [4.69, 9.17) is 15.1 Å². The van der Waals surface area contributed by atoms with Crippen LogP contribution in [0.4, 0.5) is 22.7 Å². The lowest BCUT2D eigenvalue weighted by atomic mass is 9.98. The van der Waals surface area contributed by atoms with Crippen LogP contribution in [0, 0.1) is 29.6 Å². The van der Waals surface area contributed by atoms with E-state index in [0.29, 0.717) is 23.3 Å². The predicted molar refractivity (Wildman–Crippen MR) is 210 cm³/mol. The standard InChI is InChI=1S/C45H34N4O5/c1-30-2-22-42(23-3-30)54-43-24-20-41(21-25-43)49(39-16-6-32(7-17-39)27-36(29-47)45(52)53)40-18-10-34(11-19-40)33-8-14-38(15-9-33)48-37-12-4-31(5-13-37)26-35(28-46)44(50)51/h2-16,18-27,39,48H,17H2,1H3,(H,50,51)(H,52,53)/b35-26+,36-27+. The predicted octanol–water partition coefficient (Wildman–Crippen LogP) is 10.1. The van der Waals surface area contributed by atoms with Crippen LogP contribution >= 0.6 is 0 Å². The number of benzene rings is 5. The fraction of sp³-hybridized carbons (Fsp3) is 0.0667. The molecule has 5 aromatic carbocycles. The quantitative estimate of drug-likeness (QED) is 0.0850. The zero-order chi connectivity index (χ0) is 38.0. The lowest BCUT2D eigenvalue weighted by molar-refractivity contribution is -0.133. The SMILES string of the molecule is Cc1ccc(Oc2ccc(N(c3ccc(-c4ccc(Nc5ccc(/C=C(\C#N)C(=O)O)cc5)cc4)cc3)C3C=CC(/C=C(\C#N)C(=O)O)=CC3)cc2)cc1. The number of carbonyl (C=O) groups is 2. The topological polar surface area (TPSA) is 147 Å². The molecule has 9 heteroatoms. The third-order valence-electron chi connectivity index (χ3n) is 8.70. The Morgan fingerprint density at radius 2 is 1.19 bits per heavy atom. The molecule has 54 heavy (non-hydrogen) atoms. The molecule has 0 aliphatic heterocycles. The number of hydrogen-bond acceptors (Lipinski definition) is 7. The average Bonchev–Trinajstić information content (AvgIpc) is 3.19. The third-order valence-corrected chi connectivity index (χ3v) is 8.70. The summed E-state index contributed by atoms with van der Waals surface area (Å²) in [6, 6.07) is 42.5. The molecule has 1 atom stereocenters. The van der Waals surface area contributed by atoms with Gasteiger partial charge in [0.1, 0.15) is 34.8 Å². The summed E-state index contributed by atoms with van der Waals surface area (Å²) >= 11 is 0. The molecule has 0 radical (unpaired) electrons. The van der Waals surface area contributed by atoms with Crippen LogP contribution in [-0.2, 0) is 9.59 Å². The molecule has 1 unspecified atom stereocenters. The van der Waals surface area contributed by atoms with Gasteiger partial charge < -0.3 is 25.2 Å². The van der Waals surface area contributed by atoms with Crippen molar-refractivity contribution in [3.05, 3.63) is 173 Å². The Morgan fingerprint density at radius 3 is 1.69 bits per heavy atom. The smallest absolute Gasteiger partial charge is 0.346 e. The molecule has 1 aliphatic carbocycles. The maximum absolute atomic E-state index is 11.4. The minimum Gasteiger partial charge on any atom is -0.477 e. The highest BCUT2D eigenvalue weighted by Gasteiger charge is 2.21. The van der Waals surface area contributed by atoms with E-state index in [1.807, 2.05) is 110 Å². The van der Waals surface area contributed by atoms with E-state index in [1.165, 1.54) is 12.2 Å². The van der Waals surface area contributed by atoms with Gasteiger partial charge in [0.2, 0.25) is 0 Å². The molecule has 0 bridgehead atoms. The van der Waals surface area contributed by atoms with Gasteiger partial charge in [-0.05, 0) is 121 Å². The summed E-state index contributed by atoms with van der Waals surface area (Å²) in [4.78, 5) is 24.7. The Morgan fingerprint density at radius 1 is 0.704 bits per heavy atom. The van der Waals surface area contributed by atoms with Crippen molar-refractivity contribution in [2.24, 2.45) is 0 Å². The second-order valence-corrected chi connectivity index (χ2v) is 12.5. The first kappa shape index (κ1) is 36.2. The number of carboxylic acids is 2. The van der Waals surface area contributed by atoms with Crippen molar-refractivity contribution in [1.29, 1.82) is 10.5 Å². The number of anilines is 4. The molecule has 0 fully saturated rings. The molecule has 0 spiro atoms.